The fraction of sp³-hybridized carbons (Fsp3) is 0.368. The van der Waals surface area contributed by atoms with Crippen molar-refractivity contribution in [3.8, 4) is 0 Å². The van der Waals surface area contributed by atoms with Gasteiger partial charge in [0.15, 0.2) is 0 Å². The van der Waals surface area contributed by atoms with E-state index in [4.69, 9.17) is 0 Å². The number of hydrogen-bond donors (Lipinski definition) is 2. The minimum absolute atomic E-state index is 0.142. The third-order valence-electron chi connectivity index (χ3n) is 4.67. The van der Waals surface area contributed by atoms with Gasteiger partial charge in [-0.2, -0.15) is 0 Å². The van der Waals surface area contributed by atoms with Crippen LogP contribution in [0.5, 0.6) is 0 Å². The van der Waals surface area contributed by atoms with Crippen LogP contribution in [0.2, 0.25) is 0 Å². The summed E-state index contributed by atoms with van der Waals surface area (Å²) >= 11 is 0. The van der Waals surface area contributed by atoms with E-state index in [2.05, 4.69) is 5.32 Å². The van der Waals surface area contributed by atoms with Crippen molar-refractivity contribution in [3.63, 3.8) is 0 Å². The second-order valence-electron chi connectivity index (χ2n) is 6.50. The Balaban J connectivity index is 1.70. The Morgan fingerprint density at radius 2 is 2.00 bits per heavy atom. The van der Waals surface area contributed by atoms with Gasteiger partial charge in [-0.15, -0.1) is 0 Å². The quantitative estimate of drug-likeness (QED) is 0.569. The first kappa shape index (κ1) is 17.5. The molecule has 2 N–H and O–H groups in total. The Kier molecular flexibility index (Phi) is 5.40. The Bertz CT molecular complexity index is 762. The molecule has 1 aliphatic rings. The van der Waals surface area contributed by atoms with Gasteiger partial charge in [0, 0.05) is 29.8 Å². The molecule has 132 valence electrons. The third-order valence-corrected chi connectivity index (χ3v) is 4.67. The van der Waals surface area contributed by atoms with Gasteiger partial charge in [0.25, 0.3) is 5.69 Å². The molecule has 0 saturated heterocycles. The van der Waals surface area contributed by atoms with Gasteiger partial charge in [-0.05, 0) is 42.9 Å². The highest BCUT2D eigenvalue weighted by Gasteiger charge is 2.32. The molecular weight excluding hydrogens is 323 g/mol. The predicted molar refractivity (Wildman–Crippen MR) is 92.5 cm³/mol. The monoisotopic (exact) mass is 344 g/mol. The largest absolute Gasteiger partial charge is 0.392 e. The Morgan fingerprint density at radius 1 is 1.24 bits per heavy atom. The summed E-state index contributed by atoms with van der Waals surface area (Å²) in [4.78, 5) is 10.9. The molecule has 1 saturated carbocycles. The molecule has 0 aromatic heterocycles. The number of aliphatic hydroxyl groups is 1. The average molecular weight is 344 g/mol. The Morgan fingerprint density at radius 3 is 2.68 bits per heavy atom. The normalized spacial score (nSPS) is 15.1. The van der Waals surface area contributed by atoms with Gasteiger partial charge in [0.05, 0.1) is 11.5 Å². The number of nitrogens with zero attached hydrogens (tertiary/aromatic N) is 1. The zero-order valence-electron chi connectivity index (χ0n) is 13.8. The molecule has 6 heteroatoms. The summed E-state index contributed by atoms with van der Waals surface area (Å²) in [7, 11) is 0. The third kappa shape index (κ3) is 4.41. The molecule has 0 amide bonds. The van der Waals surface area contributed by atoms with Crippen LogP contribution in [0, 0.1) is 21.8 Å². The zero-order valence-corrected chi connectivity index (χ0v) is 13.8. The van der Waals surface area contributed by atoms with Crippen molar-refractivity contribution in [1.82, 2.24) is 5.32 Å². The van der Waals surface area contributed by atoms with E-state index in [-0.39, 0.29) is 28.8 Å². The molecule has 0 radical (unpaired) electrons. The van der Waals surface area contributed by atoms with E-state index in [1.54, 1.807) is 24.3 Å². The lowest BCUT2D eigenvalue weighted by atomic mass is 10.00. The number of para-hydroxylation sites is 1. The first-order chi connectivity index (χ1) is 12.1. The minimum atomic E-state index is -0.412. The number of aliphatic hydroxyl groups excluding tert-OH is 1. The second kappa shape index (κ2) is 7.72. The average Bonchev–Trinajstić information content (AvgIpc) is 3.45. The first-order valence-electron chi connectivity index (χ1n) is 8.42. The van der Waals surface area contributed by atoms with Crippen LogP contribution >= 0.6 is 0 Å². The lowest BCUT2D eigenvalue weighted by Gasteiger charge is -2.19. The molecule has 2 aromatic rings. The van der Waals surface area contributed by atoms with Crippen molar-refractivity contribution in [1.29, 1.82) is 0 Å². The summed E-state index contributed by atoms with van der Waals surface area (Å²) in [5, 5.41) is 23.8. The molecule has 3 rings (SSSR count). The van der Waals surface area contributed by atoms with Gasteiger partial charge in [-0.25, -0.2) is 4.39 Å². The lowest BCUT2D eigenvalue weighted by molar-refractivity contribution is -0.385. The second-order valence-corrected chi connectivity index (χ2v) is 6.50. The van der Waals surface area contributed by atoms with E-state index in [0.717, 1.165) is 24.0 Å². The standard InChI is InChI=1S/C19H21FN2O3/c20-17-8-5-13(9-16(17)12-23)11-21-18(14-6-7-14)10-15-3-1-2-4-19(15)22(24)25/h1-5,8-9,14,18,21,23H,6-7,10-12H2. The van der Waals surface area contributed by atoms with Crippen molar-refractivity contribution >= 4 is 5.69 Å². The molecule has 0 heterocycles. The van der Waals surface area contributed by atoms with Gasteiger partial charge < -0.3 is 10.4 Å². The molecule has 1 unspecified atom stereocenters. The molecule has 25 heavy (non-hydrogen) atoms. The number of rotatable bonds is 8. The highest BCUT2D eigenvalue weighted by atomic mass is 19.1. The molecule has 1 fully saturated rings. The van der Waals surface area contributed by atoms with Crippen LogP contribution in [-0.2, 0) is 19.6 Å². The van der Waals surface area contributed by atoms with E-state index in [9.17, 15) is 19.6 Å². The van der Waals surface area contributed by atoms with Crippen molar-refractivity contribution in [3.05, 3.63) is 75.1 Å². The Hall–Kier alpha value is -2.31. The summed E-state index contributed by atoms with van der Waals surface area (Å²) in [6.45, 7) is 0.205. The summed E-state index contributed by atoms with van der Waals surface area (Å²) in [5.74, 6) is 0.0995. The van der Waals surface area contributed by atoms with E-state index < -0.39 is 5.82 Å². The maximum Gasteiger partial charge on any atom is 0.272 e. The maximum absolute atomic E-state index is 13.5. The number of nitro benzene ring substituents is 1. The van der Waals surface area contributed by atoms with Crippen LogP contribution in [-0.4, -0.2) is 16.1 Å². The van der Waals surface area contributed by atoms with Crippen molar-refractivity contribution in [2.45, 2.75) is 38.5 Å². The van der Waals surface area contributed by atoms with Gasteiger partial charge in [-0.3, -0.25) is 10.1 Å². The summed E-state index contributed by atoms with van der Waals surface area (Å²) in [6.07, 6.45) is 2.82. The molecule has 5 nitrogen and oxygen atoms in total. The molecular formula is C19H21FN2O3. The number of nitro groups is 1. The highest BCUT2D eigenvalue weighted by molar-refractivity contribution is 5.40. The molecule has 0 bridgehead atoms. The van der Waals surface area contributed by atoms with Crippen molar-refractivity contribution in [2.75, 3.05) is 0 Å². The summed E-state index contributed by atoms with van der Waals surface area (Å²) in [5.41, 5.74) is 2.05. The predicted octanol–water partition coefficient (Wildman–Crippen LogP) is 3.34. The fourth-order valence-corrected chi connectivity index (χ4v) is 3.11. The summed E-state index contributed by atoms with van der Waals surface area (Å²) in [6, 6.07) is 11.7. The minimum Gasteiger partial charge on any atom is -0.392 e. The highest BCUT2D eigenvalue weighted by Crippen LogP contribution is 2.35. The van der Waals surface area contributed by atoms with Gasteiger partial charge in [0.2, 0.25) is 0 Å². The van der Waals surface area contributed by atoms with Crippen molar-refractivity contribution in [2.24, 2.45) is 5.92 Å². The maximum atomic E-state index is 13.5. The van der Waals surface area contributed by atoms with Crippen LogP contribution in [0.25, 0.3) is 0 Å². The molecule has 0 spiro atoms. The molecule has 1 atom stereocenters. The van der Waals surface area contributed by atoms with Crippen LogP contribution in [0.1, 0.15) is 29.5 Å². The molecule has 1 aliphatic carbocycles. The van der Waals surface area contributed by atoms with Crippen molar-refractivity contribution < 1.29 is 14.4 Å². The van der Waals surface area contributed by atoms with Gasteiger partial charge >= 0.3 is 0 Å². The topological polar surface area (TPSA) is 75.4 Å². The Labute approximate surface area is 145 Å². The van der Waals surface area contributed by atoms with E-state index in [1.165, 1.54) is 12.1 Å². The van der Waals surface area contributed by atoms with Gasteiger partial charge in [-0.1, -0.05) is 24.3 Å². The van der Waals surface area contributed by atoms with Gasteiger partial charge in [0.1, 0.15) is 5.82 Å². The van der Waals surface area contributed by atoms with E-state index in [0.29, 0.717) is 18.9 Å². The number of nitrogens with one attached hydrogen (secondary N) is 1. The number of halogens is 1. The molecule has 2 aromatic carbocycles. The van der Waals surface area contributed by atoms with Crippen LogP contribution in [0.15, 0.2) is 42.5 Å². The smallest absolute Gasteiger partial charge is 0.272 e. The zero-order chi connectivity index (χ0) is 17.8. The van der Waals surface area contributed by atoms with Crippen LogP contribution in [0.3, 0.4) is 0 Å². The SMILES string of the molecule is O=[N+]([O-])c1ccccc1CC(NCc1ccc(F)c(CO)c1)C1CC1. The van der Waals surface area contributed by atoms with E-state index >= 15 is 0 Å². The number of benzene rings is 2. The van der Waals surface area contributed by atoms with Crippen LogP contribution < -0.4 is 5.32 Å². The molecule has 0 aliphatic heterocycles. The fourth-order valence-electron chi connectivity index (χ4n) is 3.11. The van der Waals surface area contributed by atoms with Crippen LogP contribution in [0.4, 0.5) is 10.1 Å². The first-order valence-corrected chi connectivity index (χ1v) is 8.42. The lowest BCUT2D eigenvalue weighted by Crippen LogP contribution is -2.33. The van der Waals surface area contributed by atoms with E-state index in [1.807, 2.05) is 6.07 Å². The number of hydrogen-bond acceptors (Lipinski definition) is 4. The summed E-state index contributed by atoms with van der Waals surface area (Å²) < 4.78 is 13.5.